The smallest absolute Gasteiger partial charge is 0.246 e. The number of nitrogens with one attached hydrogen (secondary N) is 2. The molecule has 0 unspecified atom stereocenters. The molecule has 0 bridgehead atoms. The molecule has 0 spiro atoms. The summed E-state index contributed by atoms with van der Waals surface area (Å²) in [5.41, 5.74) is -0.676. The number of ether oxygens (including phenoxy) is 1. The van der Waals surface area contributed by atoms with Gasteiger partial charge < -0.3 is 20.5 Å². The summed E-state index contributed by atoms with van der Waals surface area (Å²) in [7, 11) is 0. The van der Waals surface area contributed by atoms with Crippen molar-refractivity contribution in [2.24, 2.45) is 0 Å². The third-order valence-electron chi connectivity index (χ3n) is 3.89. The third kappa shape index (κ3) is 4.23. The molecule has 104 valence electrons. The Morgan fingerprint density at radius 3 is 2.67 bits per heavy atom. The van der Waals surface area contributed by atoms with Crippen molar-refractivity contribution in [3.63, 3.8) is 0 Å². The Morgan fingerprint density at radius 1 is 1.33 bits per heavy atom. The number of piperidine rings is 1. The molecule has 1 saturated heterocycles. The summed E-state index contributed by atoms with van der Waals surface area (Å²) in [6.45, 7) is 2.40. The predicted molar refractivity (Wildman–Crippen MR) is 68.3 cm³/mol. The van der Waals surface area contributed by atoms with Crippen LogP contribution in [0.5, 0.6) is 0 Å². The first-order valence-electron chi connectivity index (χ1n) is 6.99. The van der Waals surface area contributed by atoms with Crippen molar-refractivity contribution in [1.29, 1.82) is 0 Å². The van der Waals surface area contributed by atoms with Crippen molar-refractivity contribution < 1.29 is 14.6 Å². The third-order valence-corrected chi connectivity index (χ3v) is 3.89. The van der Waals surface area contributed by atoms with Crippen LogP contribution in [-0.2, 0) is 9.53 Å². The Labute approximate surface area is 108 Å². The molecular weight excluding hydrogens is 232 g/mol. The zero-order chi connectivity index (χ0) is 12.8. The quantitative estimate of drug-likeness (QED) is 0.656. The van der Waals surface area contributed by atoms with Crippen LogP contribution < -0.4 is 10.6 Å². The number of amides is 1. The van der Waals surface area contributed by atoms with E-state index in [-0.39, 0.29) is 18.6 Å². The molecule has 1 saturated carbocycles. The minimum Gasteiger partial charge on any atom is -0.388 e. The fourth-order valence-electron chi connectivity index (χ4n) is 2.68. The van der Waals surface area contributed by atoms with Crippen molar-refractivity contribution in [3.05, 3.63) is 0 Å². The molecule has 18 heavy (non-hydrogen) atoms. The molecule has 0 radical (unpaired) electrons. The molecule has 5 nitrogen and oxygen atoms in total. The molecule has 0 aromatic rings. The van der Waals surface area contributed by atoms with Gasteiger partial charge in [0.2, 0.25) is 5.91 Å². The fourth-order valence-corrected chi connectivity index (χ4v) is 2.68. The normalized spacial score (nSPS) is 24.1. The molecular formula is C13H24N2O3. The molecule has 1 aliphatic heterocycles. The van der Waals surface area contributed by atoms with E-state index < -0.39 is 5.60 Å². The number of rotatable bonds is 5. The van der Waals surface area contributed by atoms with Crippen molar-refractivity contribution in [2.45, 2.75) is 50.2 Å². The lowest BCUT2D eigenvalue weighted by Crippen LogP contribution is -2.43. The van der Waals surface area contributed by atoms with E-state index in [1.54, 1.807) is 0 Å². The van der Waals surface area contributed by atoms with Crippen LogP contribution in [0.4, 0.5) is 0 Å². The highest BCUT2D eigenvalue weighted by Crippen LogP contribution is 2.28. The van der Waals surface area contributed by atoms with Gasteiger partial charge in [0.25, 0.3) is 0 Å². The van der Waals surface area contributed by atoms with Crippen LogP contribution in [0.15, 0.2) is 0 Å². The van der Waals surface area contributed by atoms with Gasteiger partial charge in [-0.15, -0.1) is 0 Å². The van der Waals surface area contributed by atoms with Gasteiger partial charge in [-0.25, -0.2) is 0 Å². The molecule has 0 atom stereocenters. The number of carbonyl (C=O) groups excluding carboxylic acids is 1. The lowest BCUT2D eigenvalue weighted by atomic mass is 10.0. The lowest BCUT2D eigenvalue weighted by molar-refractivity contribution is -0.129. The molecule has 1 aliphatic carbocycles. The minimum absolute atomic E-state index is 0.112. The monoisotopic (exact) mass is 256 g/mol. The number of hydrogen-bond donors (Lipinski definition) is 3. The van der Waals surface area contributed by atoms with Gasteiger partial charge >= 0.3 is 0 Å². The van der Waals surface area contributed by atoms with Crippen LogP contribution in [0, 0.1) is 0 Å². The molecule has 5 heteroatoms. The first kappa shape index (κ1) is 13.8. The van der Waals surface area contributed by atoms with E-state index in [0.29, 0.717) is 6.54 Å². The van der Waals surface area contributed by atoms with Crippen molar-refractivity contribution in [1.82, 2.24) is 10.6 Å². The summed E-state index contributed by atoms with van der Waals surface area (Å²) < 4.78 is 5.56. The Hall–Kier alpha value is -0.650. The van der Waals surface area contributed by atoms with Gasteiger partial charge in [-0.3, -0.25) is 4.79 Å². The van der Waals surface area contributed by atoms with E-state index in [1.165, 1.54) is 0 Å². The van der Waals surface area contributed by atoms with E-state index in [9.17, 15) is 9.90 Å². The van der Waals surface area contributed by atoms with Crippen LogP contribution in [0.2, 0.25) is 0 Å². The summed E-state index contributed by atoms with van der Waals surface area (Å²) in [5, 5.41) is 16.1. The van der Waals surface area contributed by atoms with Crippen molar-refractivity contribution in [2.75, 3.05) is 26.2 Å². The Balaban J connectivity index is 1.59. The first-order chi connectivity index (χ1) is 8.68. The molecule has 2 aliphatic rings. The molecule has 3 N–H and O–H groups in total. The van der Waals surface area contributed by atoms with E-state index in [0.717, 1.165) is 51.6 Å². The largest absolute Gasteiger partial charge is 0.388 e. The van der Waals surface area contributed by atoms with Gasteiger partial charge in [0.05, 0.1) is 11.7 Å². The Kier molecular flexibility index (Phi) is 4.97. The topological polar surface area (TPSA) is 70.6 Å². The van der Waals surface area contributed by atoms with Crippen LogP contribution in [0.25, 0.3) is 0 Å². The summed E-state index contributed by atoms with van der Waals surface area (Å²) in [6.07, 6.45) is 5.83. The molecule has 1 amide bonds. The maximum atomic E-state index is 11.6. The molecule has 0 aromatic heterocycles. The lowest BCUT2D eigenvalue weighted by Gasteiger charge is -2.24. The fraction of sp³-hybridized carbons (Fsp3) is 0.923. The molecule has 2 fully saturated rings. The van der Waals surface area contributed by atoms with E-state index >= 15 is 0 Å². The highest BCUT2D eigenvalue weighted by Gasteiger charge is 2.31. The van der Waals surface area contributed by atoms with Crippen LogP contribution in [0.3, 0.4) is 0 Å². The second-order valence-electron chi connectivity index (χ2n) is 5.47. The minimum atomic E-state index is -0.676. The first-order valence-corrected chi connectivity index (χ1v) is 6.99. The molecule has 2 rings (SSSR count). The SMILES string of the molecule is O=C(COC1CCNCC1)NCC1(O)CCCC1. The molecule has 1 heterocycles. The van der Waals surface area contributed by atoms with Crippen molar-refractivity contribution >= 4 is 5.91 Å². The second kappa shape index (κ2) is 6.50. The van der Waals surface area contributed by atoms with Crippen LogP contribution in [0.1, 0.15) is 38.5 Å². The van der Waals surface area contributed by atoms with Gasteiger partial charge in [-0.1, -0.05) is 12.8 Å². The average molecular weight is 256 g/mol. The number of hydrogen-bond acceptors (Lipinski definition) is 4. The van der Waals surface area contributed by atoms with E-state index in [1.807, 2.05) is 0 Å². The summed E-state index contributed by atoms with van der Waals surface area (Å²) >= 11 is 0. The average Bonchev–Trinajstić information content (AvgIpc) is 2.83. The maximum absolute atomic E-state index is 11.6. The van der Waals surface area contributed by atoms with Crippen LogP contribution >= 0.6 is 0 Å². The van der Waals surface area contributed by atoms with Gasteiger partial charge in [-0.2, -0.15) is 0 Å². The van der Waals surface area contributed by atoms with Crippen LogP contribution in [-0.4, -0.2) is 49.0 Å². The Morgan fingerprint density at radius 2 is 2.00 bits per heavy atom. The van der Waals surface area contributed by atoms with Crippen molar-refractivity contribution in [3.8, 4) is 0 Å². The highest BCUT2D eigenvalue weighted by atomic mass is 16.5. The van der Waals surface area contributed by atoms with Gasteiger partial charge in [0.15, 0.2) is 0 Å². The van der Waals surface area contributed by atoms with Gasteiger partial charge in [-0.05, 0) is 38.8 Å². The number of aliphatic hydroxyl groups is 1. The van der Waals surface area contributed by atoms with E-state index in [2.05, 4.69) is 10.6 Å². The summed E-state index contributed by atoms with van der Waals surface area (Å²) in [6, 6.07) is 0. The Bertz CT molecular complexity index is 271. The predicted octanol–water partition coefficient (Wildman–Crippen LogP) is 0.176. The second-order valence-corrected chi connectivity index (χ2v) is 5.47. The summed E-state index contributed by atoms with van der Waals surface area (Å²) in [4.78, 5) is 11.6. The molecule has 0 aromatic carbocycles. The highest BCUT2D eigenvalue weighted by molar-refractivity contribution is 5.77. The zero-order valence-electron chi connectivity index (χ0n) is 10.9. The summed E-state index contributed by atoms with van der Waals surface area (Å²) in [5.74, 6) is -0.117. The zero-order valence-corrected chi connectivity index (χ0v) is 10.9. The number of carbonyl (C=O) groups is 1. The standard InChI is InChI=1S/C13H24N2O3/c16-12(9-18-11-3-7-14-8-4-11)15-10-13(17)5-1-2-6-13/h11,14,17H,1-10H2,(H,15,16). The van der Waals surface area contributed by atoms with Gasteiger partial charge in [0, 0.05) is 6.54 Å². The van der Waals surface area contributed by atoms with E-state index in [4.69, 9.17) is 4.74 Å². The van der Waals surface area contributed by atoms with Gasteiger partial charge in [0.1, 0.15) is 6.61 Å². The maximum Gasteiger partial charge on any atom is 0.246 e.